The minimum atomic E-state index is -0.411. The molecule has 1 atom stereocenters. The van der Waals surface area contributed by atoms with Gasteiger partial charge < -0.3 is 18.8 Å². The molecule has 1 aliphatic carbocycles. The van der Waals surface area contributed by atoms with Gasteiger partial charge in [0.15, 0.2) is 5.78 Å². The highest BCUT2D eigenvalue weighted by molar-refractivity contribution is 6.62. The molecule has 8 nitrogen and oxygen atoms in total. The van der Waals surface area contributed by atoms with Crippen LogP contribution in [-0.2, 0) is 15.7 Å². The van der Waals surface area contributed by atoms with Crippen LogP contribution >= 0.6 is 0 Å². The Morgan fingerprint density at radius 3 is 2.15 bits per heavy atom. The van der Waals surface area contributed by atoms with Gasteiger partial charge in [0.05, 0.1) is 30.1 Å². The van der Waals surface area contributed by atoms with Gasteiger partial charge in [-0.15, -0.1) is 0 Å². The molecule has 1 aliphatic heterocycles. The van der Waals surface area contributed by atoms with E-state index in [0.717, 1.165) is 75.4 Å². The van der Waals surface area contributed by atoms with Crippen molar-refractivity contribution in [3.63, 3.8) is 0 Å². The molecule has 5 aromatic rings. The van der Waals surface area contributed by atoms with Crippen LogP contribution < -0.4 is 14.9 Å². The van der Waals surface area contributed by atoms with E-state index >= 15 is 0 Å². The predicted octanol–water partition coefficient (Wildman–Crippen LogP) is 8.54. The highest BCUT2D eigenvalue weighted by Gasteiger charge is 2.51. The molecule has 3 aromatic carbocycles. The van der Waals surface area contributed by atoms with Gasteiger partial charge in [0.1, 0.15) is 17.2 Å². The van der Waals surface area contributed by atoms with Gasteiger partial charge in [-0.2, -0.15) is 5.10 Å². The van der Waals surface area contributed by atoms with Crippen molar-refractivity contribution in [2.24, 2.45) is 11.3 Å². The molecule has 0 spiro atoms. The average Bonchev–Trinajstić information content (AvgIpc) is 3.78. The summed E-state index contributed by atoms with van der Waals surface area (Å²) in [5.74, 6) is 1.85. The molecule has 2 aliphatic rings. The highest BCUT2D eigenvalue weighted by atomic mass is 16.7. The molecule has 0 N–H and O–H groups in total. The molecule has 1 fully saturated rings. The van der Waals surface area contributed by atoms with E-state index < -0.39 is 7.12 Å². The summed E-state index contributed by atoms with van der Waals surface area (Å²) < 4.78 is 26.4. The summed E-state index contributed by atoms with van der Waals surface area (Å²) in [6, 6.07) is 26.1. The van der Waals surface area contributed by atoms with Crippen LogP contribution in [0.2, 0.25) is 0 Å². The van der Waals surface area contributed by atoms with Crippen LogP contribution in [0.4, 0.5) is 0 Å². The zero-order valence-electron chi connectivity index (χ0n) is 31.3. The molecule has 2 aromatic heterocycles. The third kappa shape index (κ3) is 7.30. The van der Waals surface area contributed by atoms with Crippen molar-refractivity contribution in [3.8, 4) is 39.6 Å². The molecule has 3 heterocycles. The lowest BCUT2D eigenvalue weighted by Crippen LogP contribution is -2.41. The summed E-state index contributed by atoms with van der Waals surface area (Å²) in [6.45, 7) is 15.8. The monoisotopic (exact) mass is 697 g/mol. The van der Waals surface area contributed by atoms with E-state index in [1.165, 1.54) is 0 Å². The lowest BCUT2D eigenvalue weighted by Gasteiger charge is -2.32. The molecule has 1 saturated heterocycles. The predicted molar refractivity (Wildman–Crippen MR) is 206 cm³/mol. The Labute approximate surface area is 307 Å². The Kier molecular flexibility index (Phi) is 9.61. The molecule has 268 valence electrons. The topological polar surface area (TPSA) is 84.7 Å². The van der Waals surface area contributed by atoms with E-state index in [0.29, 0.717) is 13.2 Å². The van der Waals surface area contributed by atoms with Gasteiger partial charge in [-0.3, -0.25) is 9.78 Å². The summed E-state index contributed by atoms with van der Waals surface area (Å²) in [5, 5.41) is 5.03. The van der Waals surface area contributed by atoms with Gasteiger partial charge in [-0.05, 0) is 117 Å². The molecule has 7 rings (SSSR count). The Bertz CT molecular complexity index is 2030. The van der Waals surface area contributed by atoms with Crippen molar-refractivity contribution in [1.82, 2.24) is 14.8 Å². The number of unbranched alkanes of at least 4 members (excludes halogenated alkanes) is 1. The van der Waals surface area contributed by atoms with Gasteiger partial charge >= 0.3 is 7.12 Å². The Balaban J connectivity index is 0.964. The number of hydrogen-bond donors (Lipinski definition) is 0. The molecule has 52 heavy (non-hydrogen) atoms. The smallest absolute Gasteiger partial charge is 0.494 e. The van der Waals surface area contributed by atoms with E-state index in [-0.39, 0.29) is 28.3 Å². The first-order valence-corrected chi connectivity index (χ1v) is 18.3. The number of carbonyl (C=O) groups is 1. The molecule has 0 saturated carbocycles. The largest absolute Gasteiger partial charge is 0.494 e. The molecular formula is C43H48BN3O5. The van der Waals surface area contributed by atoms with Gasteiger partial charge in [0, 0.05) is 41.2 Å². The first-order chi connectivity index (χ1) is 24.8. The van der Waals surface area contributed by atoms with E-state index in [9.17, 15) is 4.79 Å². The number of carbonyl (C=O) groups excluding carboxylic acids is 1. The average molecular weight is 698 g/mol. The van der Waals surface area contributed by atoms with E-state index in [2.05, 4.69) is 71.8 Å². The summed E-state index contributed by atoms with van der Waals surface area (Å²) >= 11 is 0. The number of ketones is 1. The van der Waals surface area contributed by atoms with Gasteiger partial charge in [-0.1, -0.05) is 51.1 Å². The number of rotatable bonds is 11. The molecule has 9 heteroatoms. The first-order valence-electron chi connectivity index (χ1n) is 18.3. The third-order valence-electron chi connectivity index (χ3n) is 10.7. The summed E-state index contributed by atoms with van der Waals surface area (Å²) in [6.07, 6.45) is 8.12. The van der Waals surface area contributed by atoms with Crippen LogP contribution in [0.1, 0.15) is 77.2 Å². The molecule has 0 radical (unpaired) electrons. The zero-order valence-corrected chi connectivity index (χ0v) is 31.3. The number of nitrogens with zero attached hydrogens (tertiary/aromatic N) is 3. The SMILES string of the molecule is CC(C)(C)C1Cc2cc(-c3cn(-c4ccc(OCCCCOc5cccc(B6OC(C)(C)C(C)(C)O6)c5)cc4)nc3-c3ccncc3)ccc2C1=O. The van der Waals surface area contributed by atoms with Crippen LogP contribution in [-0.4, -0.2) is 52.1 Å². The molecule has 0 bridgehead atoms. The van der Waals surface area contributed by atoms with Crippen LogP contribution in [0.3, 0.4) is 0 Å². The fraction of sp³-hybridized carbons (Fsp3) is 0.372. The van der Waals surface area contributed by atoms with Crippen LogP contribution in [0, 0.1) is 11.3 Å². The number of Topliss-reactive ketones (excluding diaryl/α,β-unsaturated/α-hetero) is 1. The second kappa shape index (κ2) is 14.0. The number of ether oxygens (including phenoxy) is 2. The Morgan fingerprint density at radius 1 is 0.808 bits per heavy atom. The summed E-state index contributed by atoms with van der Waals surface area (Å²) in [7, 11) is -0.411. The van der Waals surface area contributed by atoms with Crippen molar-refractivity contribution in [3.05, 3.63) is 109 Å². The summed E-state index contributed by atoms with van der Waals surface area (Å²) in [4.78, 5) is 17.4. The maximum Gasteiger partial charge on any atom is 0.494 e. The second-order valence-corrected chi connectivity index (χ2v) is 16.0. The van der Waals surface area contributed by atoms with Gasteiger partial charge in [0.2, 0.25) is 0 Å². The second-order valence-electron chi connectivity index (χ2n) is 16.0. The van der Waals surface area contributed by atoms with Crippen LogP contribution in [0.5, 0.6) is 11.5 Å². The van der Waals surface area contributed by atoms with E-state index in [1.54, 1.807) is 12.4 Å². The van der Waals surface area contributed by atoms with Crippen molar-refractivity contribution in [2.75, 3.05) is 13.2 Å². The van der Waals surface area contributed by atoms with Crippen molar-refractivity contribution >= 4 is 18.4 Å². The molecular weight excluding hydrogens is 649 g/mol. The Morgan fingerprint density at radius 2 is 1.48 bits per heavy atom. The summed E-state index contributed by atoms with van der Waals surface area (Å²) in [5.41, 5.74) is 6.87. The number of hydrogen-bond acceptors (Lipinski definition) is 7. The quantitative estimate of drug-likeness (QED) is 0.101. The molecule has 0 amide bonds. The first kappa shape index (κ1) is 35.7. The molecule has 1 unspecified atom stereocenters. The van der Waals surface area contributed by atoms with E-state index in [1.807, 2.05) is 71.4 Å². The number of pyridine rings is 1. The maximum absolute atomic E-state index is 13.2. The lowest BCUT2D eigenvalue weighted by molar-refractivity contribution is 0.00578. The fourth-order valence-corrected chi connectivity index (χ4v) is 6.82. The fourth-order valence-electron chi connectivity index (χ4n) is 6.82. The van der Waals surface area contributed by atoms with Crippen molar-refractivity contribution in [2.45, 2.75) is 78.9 Å². The van der Waals surface area contributed by atoms with Gasteiger partial charge in [0.25, 0.3) is 0 Å². The van der Waals surface area contributed by atoms with Crippen molar-refractivity contribution in [1.29, 1.82) is 0 Å². The third-order valence-corrected chi connectivity index (χ3v) is 10.7. The standard InChI is InChI=1S/C43H48BN3O5/c1-41(2,3)38-26-31-25-30(13-18-36(31)40(38)48)37-28-47(46-39(37)29-19-21-45-22-20-29)33-14-16-34(17-15-33)49-23-8-9-24-50-35-12-10-11-32(27-35)44-51-42(4,5)43(6,7)52-44/h10-22,25,27-28,38H,8-9,23-24,26H2,1-7H3. The normalized spacial score (nSPS) is 17.7. The Hall–Kier alpha value is -4.73. The minimum Gasteiger partial charge on any atom is -0.494 e. The number of aromatic nitrogens is 3. The number of fused-ring (bicyclic) bond motifs is 1. The maximum atomic E-state index is 13.2. The van der Waals surface area contributed by atoms with Crippen LogP contribution in [0.25, 0.3) is 28.1 Å². The van der Waals surface area contributed by atoms with Gasteiger partial charge in [-0.25, -0.2) is 4.68 Å². The number of benzene rings is 3. The minimum absolute atomic E-state index is 0.00817. The lowest BCUT2D eigenvalue weighted by atomic mass is 9.78. The zero-order chi connectivity index (χ0) is 36.7. The van der Waals surface area contributed by atoms with Crippen LogP contribution in [0.15, 0.2) is 97.5 Å². The highest BCUT2D eigenvalue weighted by Crippen LogP contribution is 2.41. The van der Waals surface area contributed by atoms with E-state index in [4.69, 9.17) is 23.9 Å². The van der Waals surface area contributed by atoms with Crippen molar-refractivity contribution < 1.29 is 23.6 Å².